The zero-order chi connectivity index (χ0) is 22.3. The maximum atomic E-state index is 12.6. The molecule has 0 aliphatic carbocycles. The number of rotatable bonds is 8. The second-order valence-corrected chi connectivity index (χ2v) is 9.22. The van der Waals surface area contributed by atoms with Crippen LogP contribution in [0.25, 0.3) is 5.69 Å². The zero-order valence-corrected chi connectivity index (χ0v) is 19.2. The lowest BCUT2D eigenvalue weighted by Gasteiger charge is -2.33. The Bertz CT molecular complexity index is 989. The summed E-state index contributed by atoms with van der Waals surface area (Å²) in [6, 6.07) is 22.9. The van der Waals surface area contributed by atoms with Gasteiger partial charge in [-0.2, -0.15) is 5.10 Å². The van der Waals surface area contributed by atoms with Gasteiger partial charge in [-0.3, -0.25) is 4.79 Å². The minimum Gasteiger partial charge on any atom is -0.372 e. The maximum absolute atomic E-state index is 12.6. The van der Waals surface area contributed by atoms with Crippen LogP contribution in [0.2, 0.25) is 0 Å². The molecule has 5 heteroatoms. The van der Waals surface area contributed by atoms with Crippen LogP contribution in [0.15, 0.2) is 66.7 Å². The Labute approximate surface area is 191 Å². The van der Waals surface area contributed by atoms with Gasteiger partial charge in [0.05, 0.1) is 17.9 Å². The summed E-state index contributed by atoms with van der Waals surface area (Å²) >= 11 is 0. The molecule has 168 valence electrons. The van der Waals surface area contributed by atoms with Gasteiger partial charge in [-0.1, -0.05) is 50.2 Å². The first-order valence-corrected chi connectivity index (χ1v) is 11.8. The average molecular weight is 431 g/mol. The van der Waals surface area contributed by atoms with Gasteiger partial charge in [0, 0.05) is 30.9 Å². The van der Waals surface area contributed by atoms with Crippen molar-refractivity contribution in [3.8, 4) is 5.69 Å². The highest BCUT2D eigenvalue weighted by atomic mass is 16.1. The predicted molar refractivity (Wildman–Crippen MR) is 130 cm³/mol. The van der Waals surface area contributed by atoms with Gasteiger partial charge in [-0.15, -0.1) is 0 Å². The van der Waals surface area contributed by atoms with Crippen LogP contribution in [0.3, 0.4) is 0 Å². The molecule has 0 saturated carbocycles. The molecule has 1 N–H and O–H groups in total. The maximum Gasteiger partial charge on any atom is 0.220 e. The molecule has 1 aliphatic rings. The van der Waals surface area contributed by atoms with Crippen LogP contribution in [-0.4, -0.2) is 28.8 Å². The SMILES string of the molecule is CC(C)Cc1cc(CNC(=O)CC2CCN(c3ccccc3)CC2)nn1-c1ccccc1. The first-order chi connectivity index (χ1) is 15.6. The molecular weight excluding hydrogens is 396 g/mol. The molecule has 1 aliphatic heterocycles. The van der Waals surface area contributed by atoms with Gasteiger partial charge in [0.25, 0.3) is 0 Å². The average Bonchev–Trinajstić information content (AvgIpc) is 3.21. The van der Waals surface area contributed by atoms with E-state index in [1.165, 1.54) is 11.4 Å². The third-order valence-electron chi connectivity index (χ3n) is 6.13. The van der Waals surface area contributed by atoms with Crippen molar-refractivity contribution in [2.45, 2.75) is 46.1 Å². The van der Waals surface area contributed by atoms with E-state index in [4.69, 9.17) is 5.10 Å². The highest BCUT2D eigenvalue weighted by Gasteiger charge is 2.22. The summed E-state index contributed by atoms with van der Waals surface area (Å²) in [5, 5.41) is 7.90. The van der Waals surface area contributed by atoms with E-state index < -0.39 is 0 Å². The van der Waals surface area contributed by atoms with Gasteiger partial charge in [-0.05, 0) is 61.4 Å². The van der Waals surface area contributed by atoms with Gasteiger partial charge in [0.15, 0.2) is 0 Å². The number of nitrogens with zero attached hydrogens (tertiary/aromatic N) is 3. The standard InChI is InChI=1S/C27H34N4O/c1-21(2)17-26-19-23(29-31(26)25-11-7-4-8-12-25)20-28-27(32)18-22-13-15-30(16-14-22)24-9-5-3-6-10-24/h3-12,19,21-22H,13-18,20H2,1-2H3,(H,28,32). The van der Waals surface area contributed by atoms with Crippen LogP contribution >= 0.6 is 0 Å². The first kappa shape index (κ1) is 22.1. The number of carbonyl (C=O) groups is 1. The van der Waals surface area contributed by atoms with E-state index in [2.05, 4.69) is 72.6 Å². The molecule has 1 saturated heterocycles. The van der Waals surface area contributed by atoms with Crippen molar-refractivity contribution in [1.29, 1.82) is 0 Å². The number of anilines is 1. The van der Waals surface area contributed by atoms with E-state index >= 15 is 0 Å². The molecule has 4 rings (SSSR count). The third kappa shape index (κ3) is 5.78. The van der Waals surface area contributed by atoms with E-state index in [1.807, 2.05) is 22.9 Å². The fraction of sp³-hybridized carbons (Fsp3) is 0.407. The summed E-state index contributed by atoms with van der Waals surface area (Å²) in [6.07, 6.45) is 3.67. The van der Waals surface area contributed by atoms with Crippen molar-refractivity contribution in [2.75, 3.05) is 18.0 Å². The van der Waals surface area contributed by atoms with Crippen molar-refractivity contribution in [3.63, 3.8) is 0 Å². The molecule has 5 nitrogen and oxygen atoms in total. The van der Waals surface area contributed by atoms with Crippen LogP contribution in [0.1, 0.15) is 44.5 Å². The van der Waals surface area contributed by atoms with Crippen LogP contribution in [0.4, 0.5) is 5.69 Å². The van der Waals surface area contributed by atoms with Crippen LogP contribution in [0.5, 0.6) is 0 Å². The largest absolute Gasteiger partial charge is 0.372 e. The second-order valence-electron chi connectivity index (χ2n) is 9.22. The lowest BCUT2D eigenvalue weighted by molar-refractivity contribution is -0.122. The van der Waals surface area contributed by atoms with E-state index in [1.54, 1.807) is 0 Å². The number of hydrogen-bond donors (Lipinski definition) is 1. The lowest BCUT2D eigenvalue weighted by Crippen LogP contribution is -2.35. The first-order valence-electron chi connectivity index (χ1n) is 11.8. The Hall–Kier alpha value is -3.08. The molecule has 2 heterocycles. The molecule has 0 radical (unpaired) electrons. The normalized spacial score (nSPS) is 14.7. The molecule has 0 spiro atoms. The summed E-state index contributed by atoms with van der Waals surface area (Å²) in [7, 11) is 0. The van der Waals surface area contributed by atoms with Crippen LogP contribution in [-0.2, 0) is 17.8 Å². The molecular formula is C27H34N4O. The van der Waals surface area contributed by atoms with E-state index in [-0.39, 0.29) is 5.91 Å². The minimum absolute atomic E-state index is 0.128. The molecule has 32 heavy (non-hydrogen) atoms. The van der Waals surface area contributed by atoms with Gasteiger partial charge in [0.1, 0.15) is 0 Å². The summed E-state index contributed by atoms with van der Waals surface area (Å²) in [5.74, 6) is 1.12. The predicted octanol–water partition coefficient (Wildman–Crippen LogP) is 4.99. The molecule has 0 atom stereocenters. The number of carbonyl (C=O) groups excluding carboxylic acids is 1. The molecule has 1 fully saturated rings. The number of nitrogens with one attached hydrogen (secondary N) is 1. The monoisotopic (exact) mass is 430 g/mol. The van der Waals surface area contributed by atoms with Gasteiger partial charge >= 0.3 is 0 Å². The molecule has 3 aromatic rings. The Morgan fingerprint density at radius 1 is 1.00 bits per heavy atom. The molecule has 0 bridgehead atoms. The van der Waals surface area contributed by atoms with Crippen LogP contribution < -0.4 is 10.2 Å². The topological polar surface area (TPSA) is 50.2 Å². The highest BCUT2D eigenvalue weighted by Crippen LogP contribution is 2.25. The van der Waals surface area contributed by atoms with Gasteiger partial charge < -0.3 is 10.2 Å². The Morgan fingerprint density at radius 3 is 2.25 bits per heavy atom. The summed E-state index contributed by atoms with van der Waals surface area (Å²) in [5.41, 5.74) is 4.44. The second kappa shape index (κ2) is 10.5. The number of amides is 1. The number of hydrogen-bond acceptors (Lipinski definition) is 3. The molecule has 1 aromatic heterocycles. The number of piperidine rings is 1. The summed E-state index contributed by atoms with van der Waals surface area (Å²) < 4.78 is 2.01. The Kier molecular flexibility index (Phi) is 7.25. The number of aromatic nitrogens is 2. The summed E-state index contributed by atoms with van der Waals surface area (Å²) in [6.45, 7) is 6.94. The van der Waals surface area contributed by atoms with Crippen molar-refractivity contribution in [1.82, 2.24) is 15.1 Å². The number of benzene rings is 2. The number of para-hydroxylation sites is 2. The quantitative estimate of drug-likeness (QED) is 0.547. The zero-order valence-electron chi connectivity index (χ0n) is 19.2. The van der Waals surface area contributed by atoms with E-state index in [0.29, 0.717) is 24.8 Å². The van der Waals surface area contributed by atoms with Crippen molar-refractivity contribution in [3.05, 3.63) is 78.1 Å². The van der Waals surface area contributed by atoms with Gasteiger partial charge in [-0.25, -0.2) is 4.68 Å². The van der Waals surface area contributed by atoms with Crippen molar-refractivity contribution < 1.29 is 4.79 Å². The van der Waals surface area contributed by atoms with Crippen molar-refractivity contribution >= 4 is 11.6 Å². The molecule has 0 unspecified atom stereocenters. The summed E-state index contributed by atoms with van der Waals surface area (Å²) in [4.78, 5) is 15.0. The fourth-order valence-corrected chi connectivity index (χ4v) is 4.48. The molecule has 2 aromatic carbocycles. The fourth-order valence-electron chi connectivity index (χ4n) is 4.48. The molecule has 1 amide bonds. The Balaban J connectivity index is 1.30. The lowest BCUT2D eigenvalue weighted by atomic mass is 9.93. The van der Waals surface area contributed by atoms with E-state index in [0.717, 1.165) is 43.7 Å². The smallest absolute Gasteiger partial charge is 0.220 e. The van der Waals surface area contributed by atoms with Gasteiger partial charge in [0.2, 0.25) is 5.91 Å². The Morgan fingerprint density at radius 2 is 1.62 bits per heavy atom. The third-order valence-corrected chi connectivity index (χ3v) is 6.13. The van der Waals surface area contributed by atoms with Crippen LogP contribution in [0, 0.1) is 11.8 Å². The van der Waals surface area contributed by atoms with Crippen molar-refractivity contribution in [2.24, 2.45) is 11.8 Å². The highest BCUT2D eigenvalue weighted by molar-refractivity contribution is 5.76. The van der Waals surface area contributed by atoms with E-state index in [9.17, 15) is 4.79 Å². The minimum atomic E-state index is 0.128.